The molecule has 3 aromatic carbocycles. The molecule has 4 rings (SSSR count). The van der Waals surface area contributed by atoms with E-state index in [9.17, 15) is 14.4 Å². The predicted octanol–water partition coefficient (Wildman–Crippen LogP) is 4.98. The molecule has 0 saturated carbocycles. The Morgan fingerprint density at radius 2 is 1.61 bits per heavy atom. The number of rotatable bonds is 7. The van der Waals surface area contributed by atoms with E-state index in [0.29, 0.717) is 16.9 Å². The number of esters is 2. The fraction of sp³-hybridized carbons (Fsp3) is 0.148. The Labute approximate surface area is 191 Å². The van der Waals surface area contributed by atoms with Crippen LogP contribution in [0.3, 0.4) is 0 Å². The maximum Gasteiger partial charge on any atom is 0.324 e. The standard InChI is InChI=1S/C27H23NO5/c1-18(29)33-21-13-11-20(12-14-21)25(30)27(2,23-9-6-10-24-22(23)15-16-28-24)26(31)32-17-19-7-4-3-5-8-19/h3-16,28H,17H2,1-2H3. The van der Waals surface area contributed by atoms with Crippen molar-refractivity contribution in [2.45, 2.75) is 25.9 Å². The Balaban J connectivity index is 1.73. The van der Waals surface area contributed by atoms with Crippen LogP contribution in [0.4, 0.5) is 0 Å². The second kappa shape index (κ2) is 9.12. The third kappa shape index (κ3) is 4.41. The summed E-state index contributed by atoms with van der Waals surface area (Å²) in [6.45, 7) is 2.94. The monoisotopic (exact) mass is 441 g/mol. The van der Waals surface area contributed by atoms with Crippen molar-refractivity contribution >= 4 is 28.6 Å². The summed E-state index contributed by atoms with van der Waals surface area (Å²) in [5, 5.41) is 0.765. The van der Waals surface area contributed by atoms with Crippen molar-refractivity contribution in [3.8, 4) is 5.75 Å². The topological polar surface area (TPSA) is 85.5 Å². The number of hydrogen-bond donors (Lipinski definition) is 1. The van der Waals surface area contributed by atoms with Crippen molar-refractivity contribution in [3.63, 3.8) is 0 Å². The molecule has 1 unspecified atom stereocenters. The maximum atomic E-state index is 13.8. The third-order valence-corrected chi connectivity index (χ3v) is 5.59. The van der Waals surface area contributed by atoms with E-state index in [2.05, 4.69) is 4.98 Å². The molecule has 33 heavy (non-hydrogen) atoms. The normalized spacial score (nSPS) is 12.7. The summed E-state index contributed by atoms with van der Waals surface area (Å²) in [4.78, 5) is 41.6. The van der Waals surface area contributed by atoms with Crippen LogP contribution in [0.5, 0.6) is 5.75 Å². The zero-order valence-electron chi connectivity index (χ0n) is 18.3. The van der Waals surface area contributed by atoms with Gasteiger partial charge in [-0.1, -0.05) is 42.5 Å². The van der Waals surface area contributed by atoms with E-state index in [4.69, 9.17) is 9.47 Å². The van der Waals surface area contributed by atoms with Gasteiger partial charge in [0, 0.05) is 29.6 Å². The van der Waals surface area contributed by atoms with Gasteiger partial charge in [0.1, 0.15) is 12.4 Å². The molecule has 6 nitrogen and oxygen atoms in total. The van der Waals surface area contributed by atoms with Crippen LogP contribution in [0.25, 0.3) is 10.9 Å². The van der Waals surface area contributed by atoms with E-state index in [1.54, 1.807) is 37.4 Å². The van der Waals surface area contributed by atoms with Crippen LogP contribution in [0, 0.1) is 0 Å². The lowest BCUT2D eigenvalue weighted by atomic mass is 9.75. The van der Waals surface area contributed by atoms with Gasteiger partial charge >= 0.3 is 11.9 Å². The van der Waals surface area contributed by atoms with E-state index in [-0.39, 0.29) is 6.61 Å². The number of H-pyrrole nitrogens is 1. The molecule has 1 aromatic heterocycles. The SMILES string of the molecule is CC(=O)Oc1ccc(C(=O)C(C)(C(=O)OCc2ccccc2)c2cccc3[nH]ccc23)cc1. The van der Waals surface area contributed by atoms with E-state index in [1.807, 2.05) is 42.5 Å². The number of aromatic amines is 1. The number of aromatic nitrogens is 1. The quantitative estimate of drug-likeness (QED) is 0.189. The molecule has 1 heterocycles. The second-order valence-electron chi connectivity index (χ2n) is 7.88. The molecule has 0 fully saturated rings. The second-order valence-corrected chi connectivity index (χ2v) is 7.88. The molecule has 0 aliphatic carbocycles. The smallest absolute Gasteiger partial charge is 0.324 e. The number of Topliss-reactive ketones (excluding diaryl/α,β-unsaturated/α-hetero) is 1. The van der Waals surface area contributed by atoms with Crippen LogP contribution < -0.4 is 4.74 Å². The average molecular weight is 441 g/mol. The first-order chi connectivity index (χ1) is 15.9. The van der Waals surface area contributed by atoms with Crippen molar-refractivity contribution in [2.24, 2.45) is 0 Å². The highest BCUT2D eigenvalue weighted by Crippen LogP contribution is 2.35. The van der Waals surface area contributed by atoms with Crippen LogP contribution in [0.1, 0.15) is 35.3 Å². The van der Waals surface area contributed by atoms with Crippen molar-refractivity contribution in [1.29, 1.82) is 0 Å². The third-order valence-electron chi connectivity index (χ3n) is 5.59. The van der Waals surface area contributed by atoms with Gasteiger partial charge in [0.05, 0.1) is 0 Å². The van der Waals surface area contributed by atoms with Crippen molar-refractivity contribution < 1.29 is 23.9 Å². The lowest BCUT2D eigenvalue weighted by Crippen LogP contribution is -2.42. The van der Waals surface area contributed by atoms with Gasteiger partial charge in [0.2, 0.25) is 0 Å². The van der Waals surface area contributed by atoms with Crippen molar-refractivity contribution in [1.82, 2.24) is 4.98 Å². The molecule has 0 aliphatic rings. The number of carbonyl (C=O) groups is 3. The first-order valence-electron chi connectivity index (χ1n) is 10.5. The van der Waals surface area contributed by atoms with Gasteiger partial charge in [-0.2, -0.15) is 0 Å². The van der Waals surface area contributed by atoms with Gasteiger partial charge in [0.15, 0.2) is 11.2 Å². The highest BCUT2D eigenvalue weighted by atomic mass is 16.5. The summed E-state index contributed by atoms with van der Waals surface area (Å²) in [7, 11) is 0. The zero-order valence-corrected chi connectivity index (χ0v) is 18.3. The number of fused-ring (bicyclic) bond motifs is 1. The van der Waals surface area contributed by atoms with Crippen LogP contribution in [-0.4, -0.2) is 22.7 Å². The minimum Gasteiger partial charge on any atom is -0.460 e. The van der Waals surface area contributed by atoms with Gasteiger partial charge in [-0.15, -0.1) is 0 Å². The predicted molar refractivity (Wildman–Crippen MR) is 124 cm³/mol. The Bertz CT molecular complexity index is 1310. The molecule has 0 bridgehead atoms. The number of nitrogens with one attached hydrogen (secondary N) is 1. The summed E-state index contributed by atoms with van der Waals surface area (Å²) in [5.41, 5.74) is 0.893. The van der Waals surface area contributed by atoms with E-state index >= 15 is 0 Å². The van der Waals surface area contributed by atoms with Gasteiger partial charge < -0.3 is 14.5 Å². The summed E-state index contributed by atoms with van der Waals surface area (Å²) in [6.07, 6.45) is 1.77. The molecule has 0 saturated heterocycles. The Morgan fingerprint density at radius 1 is 0.879 bits per heavy atom. The number of ketones is 1. The Hall–Kier alpha value is -4.19. The number of benzene rings is 3. The average Bonchev–Trinajstić information content (AvgIpc) is 3.31. The molecule has 4 aromatic rings. The van der Waals surface area contributed by atoms with Gasteiger partial charge in [0.25, 0.3) is 0 Å². The lowest BCUT2D eigenvalue weighted by Gasteiger charge is -2.27. The van der Waals surface area contributed by atoms with Crippen LogP contribution >= 0.6 is 0 Å². The van der Waals surface area contributed by atoms with Crippen molar-refractivity contribution in [3.05, 3.63) is 102 Å². The fourth-order valence-electron chi connectivity index (χ4n) is 3.84. The summed E-state index contributed by atoms with van der Waals surface area (Å²) < 4.78 is 10.7. The zero-order chi connectivity index (χ0) is 23.4. The van der Waals surface area contributed by atoms with E-state index in [1.165, 1.54) is 19.1 Å². The molecule has 6 heteroatoms. The highest BCUT2D eigenvalue weighted by Gasteiger charge is 2.46. The molecular formula is C27H23NO5. The number of hydrogen-bond acceptors (Lipinski definition) is 5. The number of carbonyl (C=O) groups excluding carboxylic acids is 3. The Morgan fingerprint density at radius 3 is 2.30 bits per heavy atom. The molecular weight excluding hydrogens is 418 g/mol. The lowest BCUT2D eigenvalue weighted by molar-refractivity contribution is -0.149. The van der Waals surface area contributed by atoms with E-state index < -0.39 is 23.1 Å². The minimum atomic E-state index is -1.60. The first-order valence-corrected chi connectivity index (χ1v) is 10.5. The van der Waals surface area contributed by atoms with Crippen LogP contribution in [0.15, 0.2) is 85.1 Å². The van der Waals surface area contributed by atoms with Gasteiger partial charge in [-0.3, -0.25) is 14.4 Å². The molecule has 0 aliphatic heterocycles. The summed E-state index contributed by atoms with van der Waals surface area (Å²) in [6, 6.07) is 22.7. The number of ether oxygens (including phenoxy) is 2. The summed E-state index contributed by atoms with van der Waals surface area (Å²) >= 11 is 0. The minimum absolute atomic E-state index is 0.0526. The molecule has 1 N–H and O–H groups in total. The van der Waals surface area contributed by atoms with Crippen molar-refractivity contribution in [2.75, 3.05) is 0 Å². The largest absolute Gasteiger partial charge is 0.460 e. The molecule has 1 atom stereocenters. The molecule has 0 amide bonds. The Kier molecular flexibility index (Phi) is 6.09. The maximum absolute atomic E-state index is 13.8. The van der Waals surface area contributed by atoms with Crippen LogP contribution in [0.2, 0.25) is 0 Å². The summed E-state index contributed by atoms with van der Waals surface area (Å²) in [5.74, 6) is -1.19. The van der Waals surface area contributed by atoms with Gasteiger partial charge in [-0.05, 0) is 54.4 Å². The van der Waals surface area contributed by atoms with Gasteiger partial charge in [-0.25, -0.2) is 0 Å². The molecule has 0 spiro atoms. The van der Waals surface area contributed by atoms with Crippen LogP contribution in [-0.2, 0) is 26.3 Å². The highest BCUT2D eigenvalue weighted by molar-refractivity contribution is 6.18. The van der Waals surface area contributed by atoms with E-state index in [0.717, 1.165) is 16.5 Å². The molecule has 166 valence electrons. The first kappa shape index (κ1) is 22.0. The molecule has 0 radical (unpaired) electrons. The fourth-order valence-corrected chi connectivity index (χ4v) is 3.84.